The quantitative estimate of drug-likeness (QED) is 0.346. The first-order valence-electron chi connectivity index (χ1n) is 9.24. The van der Waals surface area contributed by atoms with Crippen molar-refractivity contribution >= 4 is 0 Å². The number of para-hydroxylation sites is 3. The summed E-state index contributed by atoms with van der Waals surface area (Å²) >= 11 is 0. The van der Waals surface area contributed by atoms with E-state index in [-0.39, 0.29) is 17.2 Å². The second-order valence-electron chi connectivity index (χ2n) is 6.42. The van der Waals surface area contributed by atoms with Crippen LogP contribution in [0.4, 0.5) is 0 Å². The van der Waals surface area contributed by atoms with E-state index in [0.29, 0.717) is 28.6 Å². The van der Waals surface area contributed by atoms with Crippen molar-refractivity contribution in [3.8, 4) is 40.2 Å². The van der Waals surface area contributed by atoms with Gasteiger partial charge in [-0.15, -0.1) is 0 Å². The molecule has 0 aliphatic carbocycles. The molecule has 0 atom stereocenters. The average Bonchev–Trinajstić information content (AvgIpc) is 2.76. The average molecular weight is 383 g/mol. The van der Waals surface area contributed by atoms with E-state index in [1.807, 2.05) is 85.8 Å². The molecular weight excluding hydrogens is 364 g/mol. The second-order valence-corrected chi connectivity index (χ2v) is 6.42. The summed E-state index contributed by atoms with van der Waals surface area (Å²) in [5, 5.41) is 12.8. The Labute approximate surface area is 169 Å². The molecule has 0 fully saturated rings. The minimum Gasteiger partial charge on any atom is -0.453 e. The Kier molecular flexibility index (Phi) is 5.34. The van der Waals surface area contributed by atoms with Gasteiger partial charge in [0.05, 0.1) is 0 Å². The predicted octanol–water partition coefficient (Wildman–Crippen LogP) is 7.52. The van der Waals surface area contributed by atoms with E-state index in [2.05, 4.69) is 0 Å². The van der Waals surface area contributed by atoms with E-state index < -0.39 is 0 Å². The van der Waals surface area contributed by atoms with Gasteiger partial charge >= 0.3 is 0 Å². The zero-order valence-electron chi connectivity index (χ0n) is 15.9. The van der Waals surface area contributed by atoms with Crippen molar-refractivity contribution in [3.63, 3.8) is 0 Å². The van der Waals surface area contributed by atoms with E-state index in [1.165, 1.54) is 6.07 Å². The molecule has 0 bridgehead atoms. The maximum atomic E-state index is 12.8. The molecule has 0 heterocycles. The molecule has 143 valence electrons. The van der Waals surface area contributed by atoms with Crippen LogP contribution in [0, 0.1) is 6.92 Å². The lowest BCUT2D eigenvalue weighted by Crippen LogP contribution is -1.97. The lowest BCUT2D eigenvalue weighted by Gasteiger charge is -2.18. The van der Waals surface area contributed by atoms with Gasteiger partial charge in [-0.05, 0) is 55.0 Å². The zero-order valence-corrected chi connectivity index (χ0v) is 15.9. The van der Waals surface area contributed by atoms with E-state index in [1.54, 1.807) is 12.1 Å². The van der Waals surface area contributed by atoms with Gasteiger partial charge in [0, 0.05) is 0 Å². The molecule has 0 amide bonds. The second kappa shape index (κ2) is 8.40. The van der Waals surface area contributed by atoms with Crippen LogP contribution in [0.3, 0.4) is 0 Å². The number of rotatable bonds is 6. The monoisotopic (exact) mass is 383 g/mol. The highest BCUT2D eigenvalue weighted by atomic mass is 16.5. The Hall–Kier alpha value is -3.92. The maximum absolute atomic E-state index is 12.8. The Morgan fingerprint density at radius 1 is 0.517 bits per heavy atom. The number of aryl methyl sites for hydroxylation is 1. The lowest BCUT2D eigenvalue weighted by atomic mass is 10.1. The van der Waals surface area contributed by atoms with Crippen molar-refractivity contribution in [2.24, 2.45) is 0 Å². The normalized spacial score (nSPS) is 10.4. The van der Waals surface area contributed by atoms with Crippen molar-refractivity contribution in [1.82, 2.24) is 0 Å². The standard InChI is InChI=1S/C25H19O4/c1-18-17-22(26)24(28-20-13-7-3-8-14-20)25(29-21-15-9-4-10-16-21)23(18)27-19-11-5-2-6-12-19/h2-17H,1H3. The van der Waals surface area contributed by atoms with Crippen molar-refractivity contribution in [2.45, 2.75) is 6.92 Å². The van der Waals surface area contributed by atoms with Crippen LogP contribution >= 0.6 is 0 Å². The third kappa shape index (κ3) is 4.33. The first-order chi connectivity index (χ1) is 14.2. The molecule has 0 aliphatic rings. The van der Waals surface area contributed by atoms with Crippen molar-refractivity contribution < 1.29 is 19.3 Å². The van der Waals surface area contributed by atoms with Gasteiger partial charge in [0.25, 0.3) is 0 Å². The fourth-order valence-electron chi connectivity index (χ4n) is 2.86. The highest BCUT2D eigenvalue weighted by Crippen LogP contribution is 2.51. The van der Waals surface area contributed by atoms with E-state index in [9.17, 15) is 5.11 Å². The molecule has 0 aliphatic heterocycles. The Morgan fingerprint density at radius 3 is 1.34 bits per heavy atom. The molecule has 0 N–H and O–H groups in total. The predicted molar refractivity (Wildman–Crippen MR) is 111 cm³/mol. The van der Waals surface area contributed by atoms with E-state index in [4.69, 9.17) is 14.2 Å². The minimum absolute atomic E-state index is 0.0802. The highest BCUT2D eigenvalue weighted by Gasteiger charge is 2.24. The first-order valence-corrected chi connectivity index (χ1v) is 9.24. The molecule has 4 aromatic carbocycles. The number of hydrogen-bond donors (Lipinski definition) is 0. The third-order valence-electron chi connectivity index (χ3n) is 4.23. The molecule has 29 heavy (non-hydrogen) atoms. The fraction of sp³-hybridized carbons (Fsp3) is 0.0400. The van der Waals surface area contributed by atoms with Gasteiger partial charge in [-0.3, -0.25) is 5.11 Å². The van der Waals surface area contributed by atoms with Gasteiger partial charge in [-0.25, -0.2) is 0 Å². The van der Waals surface area contributed by atoms with E-state index >= 15 is 0 Å². The van der Waals surface area contributed by atoms with Gasteiger partial charge < -0.3 is 14.2 Å². The molecule has 0 saturated carbocycles. The van der Waals surface area contributed by atoms with Gasteiger partial charge in [0.15, 0.2) is 5.75 Å². The molecular formula is C25H19O4. The Balaban J connectivity index is 1.83. The largest absolute Gasteiger partial charge is 0.453 e. The van der Waals surface area contributed by atoms with Gasteiger partial charge in [-0.1, -0.05) is 54.6 Å². The molecule has 0 aromatic heterocycles. The highest BCUT2D eigenvalue weighted by molar-refractivity contribution is 5.64. The van der Waals surface area contributed by atoms with Crippen LogP contribution in [-0.4, -0.2) is 0 Å². The number of ether oxygens (including phenoxy) is 3. The summed E-state index contributed by atoms with van der Waals surface area (Å²) in [5.41, 5.74) is 0.658. The molecule has 4 rings (SSSR count). The topological polar surface area (TPSA) is 47.6 Å². The molecule has 0 spiro atoms. The van der Waals surface area contributed by atoms with Crippen LogP contribution in [-0.2, 0) is 5.11 Å². The summed E-state index contributed by atoms with van der Waals surface area (Å²) in [6, 6.07) is 29.2. The van der Waals surface area contributed by atoms with Crippen LogP contribution in [0.5, 0.6) is 40.2 Å². The molecule has 1 radical (unpaired) electrons. The molecule has 4 heteroatoms. The van der Waals surface area contributed by atoms with Gasteiger partial charge in [-0.2, -0.15) is 0 Å². The van der Waals surface area contributed by atoms with Gasteiger partial charge in [0.1, 0.15) is 17.2 Å². The molecule has 4 aromatic rings. The summed E-state index contributed by atoms with van der Waals surface area (Å²) in [4.78, 5) is 0. The summed E-state index contributed by atoms with van der Waals surface area (Å²) in [6.45, 7) is 1.81. The fourth-order valence-corrected chi connectivity index (χ4v) is 2.86. The Bertz CT molecular complexity index is 1010. The Morgan fingerprint density at radius 2 is 0.897 bits per heavy atom. The minimum atomic E-state index is -0.280. The van der Waals surface area contributed by atoms with Crippen molar-refractivity contribution in [2.75, 3.05) is 0 Å². The summed E-state index contributed by atoms with van der Waals surface area (Å²) in [6.07, 6.45) is 0. The van der Waals surface area contributed by atoms with Crippen LogP contribution in [0.1, 0.15) is 5.56 Å². The summed E-state index contributed by atoms with van der Waals surface area (Å²) < 4.78 is 18.1. The van der Waals surface area contributed by atoms with E-state index in [0.717, 1.165) is 0 Å². The van der Waals surface area contributed by atoms with Crippen LogP contribution in [0.15, 0.2) is 97.1 Å². The molecule has 0 unspecified atom stereocenters. The zero-order chi connectivity index (χ0) is 20.1. The maximum Gasteiger partial charge on any atom is 0.225 e. The number of hydrogen-bond acceptors (Lipinski definition) is 3. The van der Waals surface area contributed by atoms with Crippen LogP contribution < -0.4 is 14.2 Å². The third-order valence-corrected chi connectivity index (χ3v) is 4.23. The summed E-state index contributed by atoms with van der Waals surface area (Å²) in [7, 11) is 0. The van der Waals surface area contributed by atoms with Crippen molar-refractivity contribution in [1.29, 1.82) is 0 Å². The molecule has 0 saturated heterocycles. The molecule has 4 nitrogen and oxygen atoms in total. The number of benzene rings is 4. The summed E-state index contributed by atoms with van der Waals surface area (Å²) in [5.74, 6) is 2.23. The first kappa shape index (κ1) is 18.4. The SMILES string of the molecule is Cc1cc([O])c(Oc2ccccc2)c(Oc2ccccc2)c1Oc1ccccc1. The van der Waals surface area contributed by atoms with Gasteiger partial charge in [0.2, 0.25) is 17.2 Å². The van der Waals surface area contributed by atoms with Crippen LogP contribution in [0.25, 0.3) is 0 Å². The van der Waals surface area contributed by atoms with Crippen LogP contribution in [0.2, 0.25) is 0 Å². The smallest absolute Gasteiger partial charge is 0.225 e. The van der Waals surface area contributed by atoms with Crippen molar-refractivity contribution in [3.05, 3.63) is 103 Å². The lowest BCUT2D eigenvalue weighted by molar-refractivity contribution is 0.314.